The van der Waals surface area contributed by atoms with Crippen LogP contribution in [-0.2, 0) is 21.2 Å². The second-order valence-electron chi connectivity index (χ2n) is 7.62. The van der Waals surface area contributed by atoms with Crippen molar-refractivity contribution in [2.75, 3.05) is 33.9 Å². The van der Waals surface area contributed by atoms with Gasteiger partial charge in [0.15, 0.2) is 0 Å². The minimum absolute atomic E-state index is 0.0831. The molecule has 1 atom stereocenters. The van der Waals surface area contributed by atoms with E-state index in [-0.39, 0.29) is 23.3 Å². The molecule has 0 aliphatic carbocycles. The third-order valence-corrected chi connectivity index (χ3v) is 7.41. The number of hydrogen-bond donors (Lipinski definition) is 1. The molecule has 0 radical (unpaired) electrons. The molecule has 31 heavy (non-hydrogen) atoms. The van der Waals surface area contributed by atoms with Gasteiger partial charge in [-0.3, -0.25) is 4.79 Å². The Morgan fingerprint density at radius 1 is 1.10 bits per heavy atom. The molecule has 0 saturated carbocycles. The van der Waals surface area contributed by atoms with Crippen molar-refractivity contribution in [3.8, 4) is 11.5 Å². The van der Waals surface area contributed by atoms with Gasteiger partial charge in [0.1, 0.15) is 11.5 Å². The van der Waals surface area contributed by atoms with Gasteiger partial charge in [-0.05, 0) is 67.6 Å². The Bertz CT molecular complexity index is 976. The van der Waals surface area contributed by atoms with Crippen LogP contribution in [0, 0.1) is 5.92 Å². The summed E-state index contributed by atoms with van der Waals surface area (Å²) >= 11 is 0. The van der Waals surface area contributed by atoms with E-state index >= 15 is 0 Å². The topological polar surface area (TPSA) is 84.9 Å². The van der Waals surface area contributed by atoms with Crippen molar-refractivity contribution < 1.29 is 22.7 Å². The summed E-state index contributed by atoms with van der Waals surface area (Å²) in [4.78, 5) is 12.8. The molecule has 8 heteroatoms. The third-order valence-electron chi connectivity index (χ3n) is 5.53. The lowest BCUT2D eigenvalue weighted by molar-refractivity contribution is -0.126. The van der Waals surface area contributed by atoms with Crippen LogP contribution in [0.25, 0.3) is 0 Å². The molecule has 1 fully saturated rings. The number of sulfonamides is 1. The Labute approximate surface area is 184 Å². The number of nitrogens with zero attached hydrogens (tertiary/aromatic N) is 1. The molecule has 0 bridgehead atoms. The highest BCUT2D eigenvalue weighted by Crippen LogP contribution is 2.25. The van der Waals surface area contributed by atoms with Crippen molar-refractivity contribution in [1.29, 1.82) is 0 Å². The first-order chi connectivity index (χ1) is 14.9. The van der Waals surface area contributed by atoms with Crippen molar-refractivity contribution in [1.82, 2.24) is 9.62 Å². The summed E-state index contributed by atoms with van der Waals surface area (Å²) in [7, 11) is -0.459. The molecule has 1 unspecified atom stereocenters. The lowest BCUT2D eigenvalue weighted by atomic mass is 9.99. The predicted octanol–water partition coefficient (Wildman–Crippen LogP) is 2.85. The van der Waals surface area contributed by atoms with Crippen LogP contribution in [0.4, 0.5) is 0 Å². The van der Waals surface area contributed by atoms with Crippen molar-refractivity contribution in [2.24, 2.45) is 5.92 Å². The van der Waals surface area contributed by atoms with Gasteiger partial charge in [-0.15, -0.1) is 0 Å². The molecule has 7 nitrogen and oxygen atoms in total. The van der Waals surface area contributed by atoms with Gasteiger partial charge in [0.05, 0.1) is 25.0 Å². The van der Waals surface area contributed by atoms with Gasteiger partial charge >= 0.3 is 0 Å². The van der Waals surface area contributed by atoms with E-state index < -0.39 is 10.0 Å². The number of rotatable bonds is 9. The van der Waals surface area contributed by atoms with E-state index in [2.05, 4.69) is 5.32 Å². The first-order valence-corrected chi connectivity index (χ1v) is 11.9. The van der Waals surface area contributed by atoms with Crippen LogP contribution in [0.5, 0.6) is 11.5 Å². The van der Waals surface area contributed by atoms with Gasteiger partial charge in [-0.25, -0.2) is 8.42 Å². The van der Waals surface area contributed by atoms with Gasteiger partial charge in [0.2, 0.25) is 15.9 Å². The molecular weight excluding hydrogens is 416 g/mol. The number of piperidine rings is 1. The Balaban J connectivity index is 1.51. The smallest absolute Gasteiger partial charge is 0.243 e. The number of ether oxygens (including phenoxy) is 2. The molecule has 168 valence electrons. The fourth-order valence-electron chi connectivity index (χ4n) is 3.75. The highest BCUT2D eigenvalue weighted by atomic mass is 32.2. The third kappa shape index (κ3) is 5.98. The molecule has 1 N–H and O–H groups in total. The molecule has 2 aromatic carbocycles. The number of aryl methyl sites for hydroxylation is 1. The highest BCUT2D eigenvalue weighted by molar-refractivity contribution is 7.89. The summed E-state index contributed by atoms with van der Waals surface area (Å²) in [5.74, 6) is 1.00. The molecular formula is C23H30N2O5S. The number of hydrogen-bond acceptors (Lipinski definition) is 5. The van der Waals surface area contributed by atoms with E-state index in [1.807, 2.05) is 24.3 Å². The lowest BCUT2D eigenvalue weighted by Crippen LogP contribution is -2.45. The average Bonchev–Trinajstić information content (AvgIpc) is 2.82. The van der Waals surface area contributed by atoms with E-state index in [4.69, 9.17) is 9.47 Å². The Morgan fingerprint density at radius 3 is 2.55 bits per heavy atom. The molecule has 2 aromatic rings. The normalized spacial score (nSPS) is 17.2. The number of amides is 1. The minimum Gasteiger partial charge on any atom is -0.497 e. The number of carbonyl (C=O) groups is 1. The molecule has 0 spiro atoms. The van der Waals surface area contributed by atoms with E-state index in [1.165, 1.54) is 23.5 Å². The van der Waals surface area contributed by atoms with Crippen molar-refractivity contribution in [2.45, 2.75) is 30.6 Å². The monoisotopic (exact) mass is 446 g/mol. The Morgan fingerprint density at radius 2 is 1.84 bits per heavy atom. The molecule has 1 saturated heterocycles. The molecule has 1 aliphatic heterocycles. The zero-order chi connectivity index (χ0) is 22.3. The van der Waals surface area contributed by atoms with Crippen LogP contribution in [0.15, 0.2) is 53.4 Å². The largest absolute Gasteiger partial charge is 0.497 e. The maximum Gasteiger partial charge on any atom is 0.243 e. The Kier molecular flexibility index (Phi) is 7.92. The average molecular weight is 447 g/mol. The summed E-state index contributed by atoms with van der Waals surface area (Å²) in [6.45, 7) is 1.18. The summed E-state index contributed by atoms with van der Waals surface area (Å²) in [6, 6.07) is 14.2. The van der Waals surface area contributed by atoms with Crippen molar-refractivity contribution >= 4 is 15.9 Å². The van der Waals surface area contributed by atoms with Crippen molar-refractivity contribution in [3.63, 3.8) is 0 Å². The molecule has 1 aliphatic rings. The first kappa shape index (κ1) is 23.1. The predicted molar refractivity (Wildman–Crippen MR) is 119 cm³/mol. The lowest BCUT2D eigenvalue weighted by Gasteiger charge is -2.31. The summed E-state index contributed by atoms with van der Waals surface area (Å²) in [5, 5.41) is 2.97. The van der Waals surface area contributed by atoms with E-state index in [0.717, 1.165) is 24.2 Å². The van der Waals surface area contributed by atoms with Gasteiger partial charge in [-0.2, -0.15) is 4.31 Å². The maximum atomic E-state index is 13.0. The van der Waals surface area contributed by atoms with Gasteiger partial charge in [0.25, 0.3) is 0 Å². The van der Waals surface area contributed by atoms with Crippen LogP contribution >= 0.6 is 0 Å². The number of methoxy groups -OCH3 is 2. The quantitative estimate of drug-likeness (QED) is 0.599. The first-order valence-electron chi connectivity index (χ1n) is 10.5. The number of benzene rings is 2. The fourth-order valence-corrected chi connectivity index (χ4v) is 5.27. The van der Waals surface area contributed by atoms with Gasteiger partial charge in [-0.1, -0.05) is 12.1 Å². The zero-order valence-electron chi connectivity index (χ0n) is 18.0. The molecule has 1 heterocycles. The summed E-state index contributed by atoms with van der Waals surface area (Å²) in [5.41, 5.74) is 1.16. The van der Waals surface area contributed by atoms with Gasteiger partial charge < -0.3 is 14.8 Å². The Hall–Kier alpha value is -2.58. The summed E-state index contributed by atoms with van der Waals surface area (Å²) < 4.78 is 37.7. The standard InChI is InChI=1S/C23H30N2O5S/c1-29-20-10-12-22(13-11-20)31(27,28)25-15-5-8-19(17-25)23(26)24-14-4-7-18-6-3-9-21(16-18)30-2/h3,6,9-13,16,19H,4-5,7-8,14-15,17H2,1-2H3,(H,24,26). The second-order valence-corrected chi connectivity index (χ2v) is 9.56. The van der Waals surface area contributed by atoms with Crippen LogP contribution < -0.4 is 14.8 Å². The number of nitrogens with one attached hydrogen (secondary N) is 1. The highest BCUT2D eigenvalue weighted by Gasteiger charge is 2.33. The maximum absolute atomic E-state index is 13.0. The molecule has 1 amide bonds. The molecule has 0 aromatic heterocycles. The van der Waals surface area contributed by atoms with Gasteiger partial charge in [0, 0.05) is 19.6 Å². The van der Waals surface area contributed by atoms with Crippen LogP contribution in [0.2, 0.25) is 0 Å². The van der Waals surface area contributed by atoms with Crippen LogP contribution in [-0.4, -0.2) is 52.5 Å². The SMILES string of the molecule is COc1ccc(S(=O)(=O)N2CCCC(C(=O)NCCCc3cccc(OC)c3)C2)cc1. The summed E-state index contributed by atoms with van der Waals surface area (Å²) in [6.07, 6.45) is 2.99. The fraction of sp³-hybridized carbons (Fsp3) is 0.435. The molecule has 3 rings (SSSR count). The van der Waals surface area contributed by atoms with Crippen LogP contribution in [0.3, 0.4) is 0 Å². The van der Waals surface area contributed by atoms with E-state index in [1.54, 1.807) is 19.2 Å². The van der Waals surface area contributed by atoms with E-state index in [0.29, 0.717) is 31.7 Å². The number of carbonyl (C=O) groups excluding carboxylic acids is 1. The second kappa shape index (κ2) is 10.6. The van der Waals surface area contributed by atoms with Crippen LogP contribution in [0.1, 0.15) is 24.8 Å². The zero-order valence-corrected chi connectivity index (χ0v) is 18.9. The van der Waals surface area contributed by atoms with E-state index in [9.17, 15) is 13.2 Å². The van der Waals surface area contributed by atoms with Crippen molar-refractivity contribution in [3.05, 3.63) is 54.1 Å². The minimum atomic E-state index is -3.64.